The second-order valence-electron chi connectivity index (χ2n) is 6.44. The van der Waals surface area contributed by atoms with Crippen molar-refractivity contribution in [2.45, 2.75) is 32.8 Å². The predicted octanol–water partition coefficient (Wildman–Crippen LogP) is 3.40. The van der Waals surface area contributed by atoms with E-state index in [-0.39, 0.29) is 5.78 Å². The molecule has 0 unspecified atom stereocenters. The average Bonchev–Trinajstić information content (AvgIpc) is 2.77. The number of hydrogen-bond acceptors (Lipinski definition) is 5. The van der Waals surface area contributed by atoms with Crippen molar-refractivity contribution in [3.05, 3.63) is 34.3 Å². The van der Waals surface area contributed by atoms with Crippen LogP contribution in [0.3, 0.4) is 0 Å². The van der Waals surface area contributed by atoms with Gasteiger partial charge in [0.05, 0.1) is 7.11 Å². The van der Waals surface area contributed by atoms with Crippen LogP contribution >= 0.6 is 15.9 Å². The largest absolute Gasteiger partial charge is 0.468 e. The maximum Gasteiger partial charge on any atom is 0.321 e. The molecule has 0 aromatic heterocycles. The standard InChI is InChI=1S/C18H21BrO5/c1-5-12(15(20)10-6-8-11(19)9-7-10)14-13(16(21)23-4)17(22)24-18(14,2)3/h6-9,12-14H,5H2,1-4H3/t12-,13+,14-/m0/s1. The van der Waals surface area contributed by atoms with Crippen LogP contribution in [0.25, 0.3) is 0 Å². The lowest BCUT2D eigenvalue weighted by atomic mass is 9.70. The molecule has 0 saturated carbocycles. The molecule has 1 aromatic rings. The van der Waals surface area contributed by atoms with E-state index in [0.29, 0.717) is 12.0 Å². The van der Waals surface area contributed by atoms with Gasteiger partial charge in [0.2, 0.25) is 0 Å². The van der Waals surface area contributed by atoms with Crippen LogP contribution in [0, 0.1) is 17.8 Å². The number of esters is 2. The van der Waals surface area contributed by atoms with Crippen molar-refractivity contribution in [3.63, 3.8) is 0 Å². The summed E-state index contributed by atoms with van der Waals surface area (Å²) in [5.74, 6) is -3.54. The Balaban J connectivity index is 2.42. The van der Waals surface area contributed by atoms with Crippen molar-refractivity contribution >= 4 is 33.7 Å². The highest BCUT2D eigenvalue weighted by Gasteiger charge is 2.57. The Labute approximate surface area is 149 Å². The number of halogens is 1. The maximum atomic E-state index is 13.0. The van der Waals surface area contributed by atoms with Gasteiger partial charge in [-0.05, 0) is 32.4 Å². The molecule has 0 amide bonds. The van der Waals surface area contributed by atoms with Gasteiger partial charge in [-0.25, -0.2) is 0 Å². The molecule has 2 rings (SSSR count). The average molecular weight is 397 g/mol. The van der Waals surface area contributed by atoms with Crippen LogP contribution in [0.15, 0.2) is 28.7 Å². The van der Waals surface area contributed by atoms with E-state index in [1.807, 2.05) is 6.92 Å². The number of ether oxygens (including phenoxy) is 2. The summed E-state index contributed by atoms with van der Waals surface area (Å²) in [7, 11) is 1.23. The number of Topliss-reactive ketones (excluding diaryl/α,β-unsaturated/α-hetero) is 1. The Kier molecular flexibility index (Phi) is 5.48. The summed E-state index contributed by atoms with van der Waals surface area (Å²) in [4.78, 5) is 37.3. The fourth-order valence-electron chi connectivity index (χ4n) is 3.46. The van der Waals surface area contributed by atoms with E-state index in [2.05, 4.69) is 15.9 Å². The Morgan fingerprint density at radius 3 is 2.38 bits per heavy atom. The minimum absolute atomic E-state index is 0.102. The van der Waals surface area contributed by atoms with Gasteiger partial charge in [0.25, 0.3) is 0 Å². The van der Waals surface area contributed by atoms with Gasteiger partial charge < -0.3 is 9.47 Å². The van der Waals surface area contributed by atoms with Crippen LogP contribution in [0.5, 0.6) is 0 Å². The van der Waals surface area contributed by atoms with Gasteiger partial charge in [-0.15, -0.1) is 0 Å². The monoisotopic (exact) mass is 396 g/mol. The van der Waals surface area contributed by atoms with Gasteiger partial charge in [-0.3, -0.25) is 14.4 Å². The molecule has 1 aliphatic heterocycles. The van der Waals surface area contributed by atoms with Gasteiger partial charge in [0.15, 0.2) is 11.7 Å². The fraction of sp³-hybridized carbons (Fsp3) is 0.500. The molecule has 0 N–H and O–H groups in total. The number of cyclic esters (lactones) is 1. The van der Waals surface area contributed by atoms with Crippen LogP contribution in [0.4, 0.5) is 0 Å². The maximum absolute atomic E-state index is 13.0. The molecule has 1 aliphatic rings. The third-order valence-electron chi connectivity index (χ3n) is 4.57. The van der Waals surface area contributed by atoms with Gasteiger partial charge >= 0.3 is 11.9 Å². The molecule has 1 aromatic carbocycles. The summed E-state index contributed by atoms with van der Waals surface area (Å²) >= 11 is 3.34. The summed E-state index contributed by atoms with van der Waals surface area (Å²) in [5, 5.41) is 0. The Bertz CT molecular complexity index is 650. The minimum atomic E-state index is -1.07. The highest BCUT2D eigenvalue weighted by Crippen LogP contribution is 2.44. The first-order valence-electron chi connectivity index (χ1n) is 7.83. The zero-order valence-corrected chi connectivity index (χ0v) is 15.8. The lowest BCUT2D eigenvalue weighted by Gasteiger charge is -2.32. The topological polar surface area (TPSA) is 69.7 Å². The Morgan fingerprint density at radius 1 is 1.29 bits per heavy atom. The summed E-state index contributed by atoms with van der Waals surface area (Å²) < 4.78 is 11.0. The molecule has 6 heteroatoms. The predicted molar refractivity (Wildman–Crippen MR) is 91.4 cm³/mol. The molecule has 1 fully saturated rings. The molecule has 24 heavy (non-hydrogen) atoms. The van der Waals surface area contributed by atoms with Crippen molar-refractivity contribution in [2.24, 2.45) is 17.8 Å². The van der Waals surface area contributed by atoms with Gasteiger partial charge in [-0.2, -0.15) is 0 Å². The second kappa shape index (κ2) is 7.05. The number of ketones is 1. The summed E-state index contributed by atoms with van der Waals surface area (Å²) in [6.45, 7) is 5.33. The van der Waals surface area contributed by atoms with Gasteiger partial charge in [0, 0.05) is 21.9 Å². The Hall–Kier alpha value is -1.69. The third-order valence-corrected chi connectivity index (χ3v) is 5.10. The lowest BCUT2D eigenvalue weighted by molar-refractivity contribution is -0.156. The zero-order valence-electron chi connectivity index (χ0n) is 14.2. The second-order valence-corrected chi connectivity index (χ2v) is 7.35. The minimum Gasteiger partial charge on any atom is -0.468 e. The summed E-state index contributed by atoms with van der Waals surface area (Å²) in [5.41, 5.74) is -0.370. The molecular weight excluding hydrogens is 376 g/mol. The molecule has 0 aliphatic carbocycles. The van der Waals surface area contributed by atoms with Gasteiger partial charge in [0.1, 0.15) is 5.60 Å². The number of hydrogen-bond donors (Lipinski definition) is 0. The molecule has 0 bridgehead atoms. The van der Waals surface area contributed by atoms with E-state index in [9.17, 15) is 14.4 Å². The molecule has 0 spiro atoms. The van der Waals surface area contributed by atoms with E-state index in [1.165, 1.54) is 7.11 Å². The quantitative estimate of drug-likeness (QED) is 0.433. The zero-order chi connectivity index (χ0) is 18.1. The highest BCUT2D eigenvalue weighted by molar-refractivity contribution is 9.10. The van der Waals surface area contributed by atoms with Crippen LogP contribution in [0.2, 0.25) is 0 Å². The molecule has 130 valence electrons. The smallest absolute Gasteiger partial charge is 0.321 e. The molecule has 3 atom stereocenters. The van der Waals surface area contributed by atoms with Crippen molar-refractivity contribution in [1.82, 2.24) is 0 Å². The summed E-state index contributed by atoms with van der Waals surface area (Å²) in [6, 6.07) is 7.04. The first-order chi connectivity index (χ1) is 11.2. The van der Waals surface area contributed by atoms with Crippen molar-refractivity contribution in [3.8, 4) is 0 Å². The molecule has 1 saturated heterocycles. The number of methoxy groups -OCH3 is 1. The molecule has 0 radical (unpaired) electrons. The first-order valence-corrected chi connectivity index (χ1v) is 8.62. The number of benzene rings is 1. The number of carbonyl (C=O) groups is 3. The van der Waals surface area contributed by atoms with Crippen LogP contribution < -0.4 is 0 Å². The third kappa shape index (κ3) is 3.38. The summed E-state index contributed by atoms with van der Waals surface area (Å²) in [6.07, 6.45) is 0.493. The first kappa shape index (κ1) is 18.6. The van der Waals surface area contributed by atoms with Crippen LogP contribution in [-0.2, 0) is 19.1 Å². The van der Waals surface area contributed by atoms with E-state index < -0.39 is 35.3 Å². The lowest BCUT2D eigenvalue weighted by Crippen LogP contribution is -2.42. The normalized spacial score (nSPS) is 23.5. The fourth-order valence-corrected chi connectivity index (χ4v) is 3.72. The Morgan fingerprint density at radius 2 is 1.88 bits per heavy atom. The van der Waals surface area contributed by atoms with E-state index in [4.69, 9.17) is 9.47 Å². The van der Waals surface area contributed by atoms with Crippen molar-refractivity contribution in [2.75, 3.05) is 7.11 Å². The van der Waals surface area contributed by atoms with Gasteiger partial charge in [-0.1, -0.05) is 35.0 Å². The van der Waals surface area contributed by atoms with Crippen LogP contribution in [0.1, 0.15) is 37.6 Å². The number of rotatable bonds is 5. The SMILES string of the molecule is CC[C@H](C(=O)c1ccc(Br)cc1)[C@H]1[C@H](C(=O)OC)C(=O)OC1(C)C. The molecule has 5 nitrogen and oxygen atoms in total. The van der Waals surface area contributed by atoms with E-state index >= 15 is 0 Å². The highest BCUT2D eigenvalue weighted by atomic mass is 79.9. The van der Waals surface area contributed by atoms with E-state index in [0.717, 1.165) is 4.47 Å². The molecule has 1 heterocycles. The molecular formula is C18H21BrO5. The number of carbonyl (C=O) groups excluding carboxylic acids is 3. The van der Waals surface area contributed by atoms with E-state index in [1.54, 1.807) is 38.1 Å². The van der Waals surface area contributed by atoms with Crippen LogP contribution in [-0.4, -0.2) is 30.4 Å². The van der Waals surface area contributed by atoms with Crippen molar-refractivity contribution in [1.29, 1.82) is 0 Å². The van der Waals surface area contributed by atoms with Crippen molar-refractivity contribution < 1.29 is 23.9 Å².